The van der Waals surface area contributed by atoms with Crippen molar-refractivity contribution in [2.24, 2.45) is 0 Å². The summed E-state index contributed by atoms with van der Waals surface area (Å²) in [5.41, 5.74) is 1.49. The van der Waals surface area contributed by atoms with Crippen molar-refractivity contribution in [3.63, 3.8) is 0 Å². The minimum Gasteiger partial charge on any atom is -0.325 e. The van der Waals surface area contributed by atoms with Crippen molar-refractivity contribution in [3.05, 3.63) is 53.0 Å². The van der Waals surface area contributed by atoms with Crippen LogP contribution in [-0.2, 0) is 9.59 Å². The number of halogens is 1. The van der Waals surface area contributed by atoms with E-state index in [-0.39, 0.29) is 23.3 Å². The highest BCUT2D eigenvalue weighted by atomic mass is 79.9. The van der Waals surface area contributed by atoms with Gasteiger partial charge in [-0.15, -0.1) is 23.5 Å². The van der Waals surface area contributed by atoms with Crippen LogP contribution in [0.15, 0.2) is 57.9 Å². The summed E-state index contributed by atoms with van der Waals surface area (Å²) in [6.07, 6.45) is 2.00. The van der Waals surface area contributed by atoms with Gasteiger partial charge in [-0.3, -0.25) is 9.59 Å². The predicted octanol–water partition coefficient (Wildman–Crippen LogP) is 4.48. The largest absolute Gasteiger partial charge is 0.325 e. The molecular formula is C17H17BrN2O2S2. The molecule has 24 heavy (non-hydrogen) atoms. The van der Waals surface area contributed by atoms with E-state index in [2.05, 4.69) is 26.6 Å². The molecule has 0 fully saturated rings. The van der Waals surface area contributed by atoms with Gasteiger partial charge in [0.2, 0.25) is 11.8 Å². The summed E-state index contributed by atoms with van der Waals surface area (Å²) in [5.74, 6) is 0.212. The molecule has 0 spiro atoms. The Morgan fingerprint density at radius 1 is 0.958 bits per heavy atom. The van der Waals surface area contributed by atoms with Gasteiger partial charge in [0.15, 0.2) is 0 Å². The topological polar surface area (TPSA) is 58.2 Å². The highest BCUT2D eigenvalue weighted by Crippen LogP contribution is 2.18. The van der Waals surface area contributed by atoms with Crippen molar-refractivity contribution in [3.8, 4) is 0 Å². The van der Waals surface area contributed by atoms with Gasteiger partial charge in [0.25, 0.3) is 0 Å². The van der Waals surface area contributed by atoms with E-state index in [9.17, 15) is 9.59 Å². The number of thioether (sulfide) groups is 2. The number of rotatable bonds is 7. The lowest BCUT2D eigenvalue weighted by Gasteiger charge is -2.07. The Kier molecular flexibility index (Phi) is 7.68. The molecule has 0 bridgehead atoms. The first-order valence-corrected chi connectivity index (χ1v) is 10.3. The van der Waals surface area contributed by atoms with Gasteiger partial charge in [-0.1, -0.05) is 22.0 Å². The number of anilines is 2. The van der Waals surface area contributed by atoms with E-state index in [1.54, 1.807) is 11.8 Å². The number of carbonyl (C=O) groups excluding carboxylic acids is 2. The molecule has 4 nitrogen and oxygen atoms in total. The molecule has 0 saturated heterocycles. The van der Waals surface area contributed by atoms with Gasteiger partial charge >= 0.3 is 0 Å². The predicted molar refractivity (Wildman–Crippen MR) is 107 cm³/mol. The maximum Gasteiger partial charge on any atom is 0.234 e. The van der Waals surface area contributed by atoms with Gasteiger partial charge in [0, 0.05) is 20.7 Å². The lowest BCUT2D eigenvalue weighted by molar-refractivity contribution is -0.114. The molecule has 0 saturated carbocycles. The van der Waals surface area contributed by atoms with Crippen LogP contribution in [0.25, 0.3) is 0 Å². The van der Waals surface area contributed by atoms with Crippen molar-refractivity contribution in [2.75, 3.05) is 28.4 Å². The monoisotopic (exact) mass is 424 g/mol. The molecule has 0 aliphatic rings. The summed E-state index contributed by atoms with van der Waals surface area (Å²) in [6.45, 7) is 0. The van der Waals surface area contributed by atoms with E-state index >= 15 is 0 Å². The Labute approximate surface area is 158 Å². The number of hydrogen-bond acceptors (Lipinski definition) is 4. The van der Waals surface area contributed by atoms with Crippen LogP contribution in [0.4, 0.5) is 11.4 Å². The summed E-state index contributed by atoms with van der Waals surface area (Å²) < 4.78 is 0.903. The van der Waals surface area contributed by atoms with E-state index in [4.69, 9.17) is 0 Å². The number of hydrogen-bond donors (Lipinski definition) is 2. The van der Waals surface area contributed by atoms with Crippen LogP contribution in [0.2, 0.25) is 0 Å². The second-order valence-corrected chi connectivity index (χ2v) is 7.61. The molecule has 0 heterocycles. The third kappa shape index (κ3) is 6.59. The van der Waals surface area contributed by atoms with Gasteiger partial charge < -0.3 is 10.6 Å². The zero-order chi connectivity index (χ0) is 17.4. The van der Waals surface area contributed by atoms with Gasteiger partial charge in [0.1, 0.15) is 0 Å². The number of nitrogens with one attached hydrogen (secondary N) is 2. The minimum atomic E-state index is -0.129. The minimum absolute atomic E-state index is 0.118. The Hall–Kier alpha value is -1.44. The zero-order valence-electron chi connectivity index (χ0n) is 13.0. The van der Waals surface area contributed by atoms with Crippen LogP contribution in [0.3, 0.4) is 0 Å². The number of carbonyl (C=O) groups is 2. The van der Waals surface area contributed by atoms with Gasteiger partial charge in [-0.2, -0.15) is 0 Å². The fourth-order valence-corrected chi connectivity index (χ4v) is 3.30. The standard InChI is InChI=1S/C17H17BrN2O2S2/c1-23-15-7-5-13(6-8-15)19-16(21)10-24-11-17(22)20-14-4-2-3-12(18)9-14/h2-9H,10-11H2,1H3,(H,19,21)(H,20,22). The molecule has 0 aromatic heterocycles. The van der Waals surface area contributed by atoms with E-state index in [1.165, 1.54) is 11.8 Å². The third-order valence-corrected chi connectivity index (χ3v) is 5.12. The molecule has 0 aliphatic heterocycles. The lowest BCUT2D eigenvalue weighted by atomic mass is 10.3. The summed E-state index contributed by atoms with van der Waals surface area (Å²) in [7, 11) is 0. The average molecular weight is 425 g/mol. The summed E-state index contributed by atoms with van der Waals surface area (Å²) in [5, 5.41) is 5.61. The highest BCUT2D eigenvalue weighted by Gasteiger charge is 2.07. The fourth-order valence-electron chi connectivity index (χ4n) is 1.87. The molecule has 2 amide bonds. The van der Waals surface area contributed by atoms with Crippen LogP contribution < -0.4 is 10.6 Å². The van der Waals surface area contributed by atoms with Gasteiger partial charge in [-0.25, -0.2) is 0 Å². The van der Waals surface area contributed by atoms with Crippen molar-refractivity contribution < 1.29 is 9.59 Å². The normalized spacial score (nSPS) is 10.2. The van der Waals surface area contributed by atoms with Crippen molar-refractivity contribution in [2.45, 2.75) is 4.90 Å². The second-order valence-electron chi connectivity index (χ2n) is 4.83. The summed E-state index contributed by atoms with van der Waals surface area (Å²) in [6, 6.07) is 15.0. The number of benzene rings is 2. The first kappa shape index (κ1) is 18.9. The van der Waals surface area contributed by atoms with Crippen LogP contribution in [-0.4, -0.2) is 29.6 Å². The average Bonchev–Trinajstić information content (AvgIpc) is 2.55. The molecule has 126 valence electrons. The van der Waals surface area contributed by atoms with Gasteiger partial charge in [0.05, 0.1) is 11.5 Å². The van der Waals surface area contributed by atoms with Crippen molar-refractivity contribution in [1.82, 2.24) is 0 Å². The Morgan fingerprint density at radius 2 is 1.58 bits per heavy atom. The summed E-state index contributed by atoms with van der Waals surface area (Å²) in [4.78, 5) is 24.9. The molecule has 2 rings (SSSR count). The van der Waals surface area contributed by atoms with Crippen molar-refractivity contribution in [1.29, 1.82) is 0 Å². The van der Waals surface area contributed by atoms with E-state index < -0.39 is 0 Å². The first-order chi connectivity index (χ1) is 11.6. The molecule has 2 N–H and O–H groups in total. The summed E-state index contributed by atoms with van der Waals surface area (Å²) >= 11 is 6.28. The van der Waals surface area contributed by atoms with E-state index in [1.807, 2.05) is 54.8 Å². The fraction of sp³-hybridized carbons (Fsp3) is 0.176. The molecule has 0 radical (unpaired) electrons. The molecule has 2 aromatic rings. The van der Waals surface area contributed by atoms with Crippen LogP contribution in [0.5, 0.6) is 0 Å². The van der Waals surface area contributed by atoms with Crippen molar-refractivity contribution >= 4 is 62.6 Å². The smallest absolute Gasteiger partial charge is 0.234 e. The van der Waals surface area contributed by atoms with Crippen LogP contribution in [0, 0.1) is 0 Å². The molecule has 0 aliphatic carbocycles. The molecule has 7 heteroatoms. The quantitative estimate of drug-likeness (QED) is 0.643. The van der Waals surface area contributed by atoms with E-state index in [0.29, 0.717) is 0 Å². The first-order valence-electron chi connectivity index (χ1n) is 7.14. The third-order valence-electron chi connectivity index (χ3n) is 2.95. The van der Waals surface area contributed by atoms with Crippen LogP contribution >= 0.6 is 39.5 Å². The van der Waals surface area contributed by atoms with Crippen LogP contribution in [0.1, 0.15) is 0 Å². The second kappa shape index (κ2) is 9.76. The maximum atomic E-state index is 11.9. The lowest BCUT2D eigenvalue weighted by Crippen LogP contribution is -2.18. The molecule has 0 unspecified atom stereocenters. The SMILES string of the molecule is CSc1ccc(NC(=O)CSCC(=O)Nc2cccc(Br)c2)cc1. The highest BCUT2D eigenvalue weighted by molar-refractivity contribution is 9.10. The van der Waals surface area contributed by atoms with E-state index in [0.717, 1.165) is 20.7 Å². The molecule has 0 atom stereocenters. The Morgan fingerprint density at radius 3 is 2.17 bits per heavy atom. The zero-order valence-corrected chi connectivity index (χ0v) is 16.3. The Balaban J connectivity index is 1.70. The number of amides is 2. The Bertz CT molecular complexity index is 708. The molecule has 2 aromatic carbocycles. The van der Waals surface area contributed by atoms with Gasteiger partial charge in [-0.05, 0) is 48.7 Å². The maximum absolute atomic E-state index is 11.9. The molecular weight excluding hydrogens is 408 g/mol.